The van der Waals surface area contributed by atoms with E-state index in [0.29, 0.717) is 36.5 Å². The van der Waals surface area contributed by atoms with Crippen molar-refractivity contribution in [2.24, 2.45) is 0 Å². The first-order valence-electron chi connectivity index (χ1n) is 5.90. The quantitative estimate of drug-likeness (QED) is 0.362. The summed E-state index contributed by atoms with van der Waals surface area (Å²) in [6.07, 6.45) is 1.89. The van der Waals surface area contributed by atoms with Gasteiger partial charge < -0.3 is 9.47 Å². The van der Waals surface area contributed by atoms with Gasteiger partial charge in [0.1, 0.15) is 5.75 Å². The second-order valence-electron chi connectivity index (χ2n) is 3.96. The van der Waals surface area contributed by atoms with Gasteiger partial charge in [0.05, 0.1) is 18.1 Å². The van der Waals surface area contributed by atoms with E-state index in [1.54, 1.807) is 13.0 Å². The first-order valence-corrected chi connectivity index (χ1v) is 5.90. The van der Waals surface area contributed by atoms with Crippen molar-refractivity contribution in [3.05, 3.63) is 40.0 Å². The van der Waals surface area contributed by atoms with Crippen LogP contribution in [0.2, 0.25) is 0 Å². The van der Waals surface area contributed by atoms with Gasteiger partial charge >= 0.3 is 5.97 Å². The number of nitro benzene ring substituents is 1. The van der Waals surface area contributed by atoms with Gasteiger partial charge in [-0.3, -0.25) is 10.1 Å². The van der Waals surface area contributed by atoms with Crippen LogP contribution in [0.15, 0.2) is 24.3 Å². The van der Waals surface area contributed by atoms with Crippen molar-refractivity contribution in [1.82, 2.24) is 0 Å². The van der Waals surface area contributed by atoms with Gasteiger partial charge in [-0.05, 0) is 18.6 Å². The molecule has 19 heavy (non-hydrogen) atoms. The number of hydrogen-bond acceptors (Lipinski definition) is 5. The minimum atomic E-state index is -0.475. The molecule has 100 valence electrons. The van der Waals surface area contributed by atoms with E-state index in [4.69, 9.17) is 9.47 Å². The second-order valence-corrected chi connectivity index (χ2v) is 3.96. The number of non-ortho nitro benzene ring substituents is 1. The Balaban J connectivity index is 2.39. The molecule has 0 fully saturated rings. The van der Waals surface area contributed by atoms with Gasteiger partial charge in [-0.1, -0.05) is 0 Å². The molecule has 0 saturated heterocycles. The number of hydrogen-bond donors (Lipinski definition) is 0. The number of fused-ring (bicyclic) bond motifs is 1. The van der Waals surface area contributed by atoms with E-state index < -0.39 is 10.9 Å². The van der Waals surface area contributed by atoms with Crippen LogP contribution in [0, 0.1) is 10.1 Å². The smallest absolute Gasteiger partial charge is 0.331 e. The molecule has 1 aromatic carbocycles. The van der Waals surface area contributed by atoms with Crippen LogP contribution in [0.25, 0.3) is 5.57 Å². The molecule has 1 aromatic rings. The fraction of sp³-hybridized carbons (Fsp3) is 0.308. The highest BCUT2D eigenvalue weighted by atomic mass is 16.6. The van der Waals surface area contributed by atoms with E-state index in [-0.39, 0.29) is 5.69 Å². The lowest BCUT2D eigenvalue weighted by Gasteiger charge is -2.19. The summed E-state index contributed by atoms with van der Waals surface area (Å²) in [5, 5.41) is 10.8. The minimum Gasteiger partial charge on any atom is -0.493 e. The lowest BCUT2D eigenvalue weighted by molar-refractivity contribution is -0.384. The Bertz CT molecular complexity index is 550. The molecule has 0 aromatic heterocycles. The number of benzene rings is 1. The Morgan fingerprint density at radius 1 is 1.58 bits per heavy atom. The topological polar surface area (TPSA) is 78.7 Å². The van der Waals surface area contributed by atoms with E-state index in [9.17, 15) is 14.9 Å². The maximum absolute atomic E-state index is 11.5. The van der Waals surface area contributed by atoms with Crippen LogP contribution in [0.4, 0.5) is 5.69 Å². The van der Waals surface area contributed by atoms with Crippen molar-refractivity contribution in [3.63, 3.8) is 0 Å². The first-order chi connectivity index (χ1) is 9.11. The lowest BCUT2D eigenvalue weighted by Crippen LogP contribution is -2.10. The van der Waals surface area contributed by atoms with Gasteiger partial charge in [-0.15, -0.1) is 0 Å². The molecule has 6 heteroatoms. The van der Waals surface area contributed by atoms with Gasteiger partial charge in [-0.2, -0.15) is 0 Å². The monoisotopic (exact) mass is 263 g/mol. The Labute approximate surface area is 109 Å². The van der Waals surface area contributed by atoms with E-state index in [1.165, 1.54) is 18.2 Å². The maximum Gasteiger partial charge on any atom is 0.331 e. The number of carbonyl (C=O) groups is 1. The predicted molar refractivity (Wildman–Crippen MR) is 67.8 cm³/mol. The van der Waals surface area contributed by atoms with Crippen LogP contribution in [-0.4, -0.2) is 24.1 Å². The summed E-state index contributed by atoms with van der Waals surface area (Å²) in [6, 6.07) is 4.34. The summed E-state index contributed by atoms with van der Waals surface area (Å²) < 4.78 is 10.3. The molecule has 1 aliphatic heterocycles. The Kier molecular flexibility index (Phi) is 3.79. The second kappa shape index (κ2) is 5.51. The number of esters is 1. The average molecular weight is 263 g/mol. The molecule has 0 saturated carbocycles. The fourth-order valence-electron chi connectivity index (χ4n) is 1.89. The molecule has 0 atom stereocenters. The maximum atomic E-state index is 11.5. The fourth-order valence-corrected chi connectivity index (χ4v) is 1.89. The van der Waals surface area contributed by atoms with Crippen molar-refractivity contribution in [3.8, 4) is 5.75 Å². The summed E-state index contributed by atoms with van der Waals surface area (Å²) in [7, 11) is 0. The highest BCUT2D eigenvalue weighted by Gasteiger charge is 2.20. The van der Waals surface area contributed by atoms with Crippen LogP contribution in [0.3, 0.4) is 0 Å². The summed E-state index contributed by atoms with van der Waals surface area (Å²) in [5.74, 6) is 0.101. The molecule has 0 amide bonds. The number of carbonyl (C=O) groups excluding carboxylic acids is 1. The van der Waals surface area contributed by atoms with Crippen LogP contribution in [-0.2, 0) is 9.53 Å². The summed E-state index contributed by atoms with van der Waals surface area (Å²) in [4.78, 5) is 21.8. The van der Waals surface area contributed by atoms with Crippen molar-refractivity contribution >= 4 is 17.2 Å². The minimum absolute atomic E-state index is 0.0287. The summed E-state index contributed by atoms with van der Waals surface area (Å²) in [6.45, 7) is 2.45. The molecule has 0 unspecified atom stereocenters. The van der Waals surface area contributed by atoms with Crippen LogP contribution in [0.5, 0.6) is 5.75 Å². The molecular weight excluding hydrogens is 250 g/mol. The van der Waals surface area contributed by atoms with E-state index in [0.717, 1.165) is 0 Å². The highest BCUT2D eigenvalue weighted by Crippen LogP contribution is 2.35. The van der Waals surface area contributed by atoms with Gasteiger partial charge in [0.25, 0.3) is 5.69 Å². The molecule has 0 radical (unpaired) electrons. The molecule has 6 nitrogen and oxygen atoms in total. The Hall–Kier alpha value is -2.37. The zero-order chi connectivity index (χ0) is 13.8. The largest absolute Gasteiger partial charge is 0.493 e. The van der Waals surface area contributed by atoms with Gasteiger partial charge in [0.15, 0.2) is 0 Å². The van der Waals surface area contributed by atoms with Crippen LogP contribution < -0.4 is 4.74 Å². The lowest BCUT2D eigenvalue weighted by atomic mass is 9.99. The highest BCUT2D eigenvalue weighted by molar-refractivity contribution is 5.92. The van der Waals surface area contributed by atoms with Crippen molar-refractivity contribution in [2.75, 3.05) is 13.2 Å². The normalized spacial score (nSPS) is 15.5. The molecule has 0 aliphatic carbocycles. The third-order valence-electron chi connectivity index (χ3n) is 2.73. The Morgan fingerprint density at radius 2 is 2.37 bits per heavy atom. The average Bonchev–Trinajstić information content (AvgIpc) is 2.38. The van der Waals surface area contributed by atoms with Crippen LogP contribution >= 0.6 is 0 Å². The van der Waals surface area contributed by atoms with Crippen molar-refractivity contribution in [1.29, 1.82) is 0 Å². The third-order valence-corrected chi connectivity index (χ3v) is 2.73. The zero-order valence-corrected chi connectivity index (χ0v) is 10.4. The Morgan fingerprint density at radius 3 is 3.05 bits per heavy atom. The molecule has 1 aliphatic rings. The third kappa shape index (κ3) is 2.90. The SMILES string of the molecule is CCOC(=O)/C=C1\CCOc2ccc([N+](=O)[O-])cc21. The summed E-state index contributed by atoms with van der Waals surface area (Å²) >= 11 is 0. The number of rotatable bonds is 3. The number of ether oxygens (including phenoxy) is 2. The van der Waals surface area contributed by atoms with E-state index in [1.807, 2.05) is 0 Å². The number of nitrogens with zero attached hydrogens (tertiary/aromatic N) is 1. The van der Waals surface area contributed by atoms with Gasteiger partial charge in [0, 0.05) is 30.2 Å². The van der Waals surface area contributed by atoms with Crippen LogP contribution in [0.1, 0.15) is 18.9 Å². The van der Waals surface area contributed by atoms with Gasteiger partial charge in [-0.25, -0.2) is 4.79 Å². The standard InChI is InChI=1S/C13H13NO5/c1-2-18-13(15)7-9-5-6-19-12-4-3-10(14(16)17)8-11(9)12/h3-4,7-8H,2,5-6H2,1H3/b9-7+. The van der Waals surface area contributed by atoms with Gasteiger partial charge in [0.2, 0.25) is 0 Å². The van der Waals surface area contributed by atoms with E-state index >= 15 is 0 Å². The van der Waals surface area contributed by atoms with Crippen molar-refractivity contribution in [2.45, 2.75) is 13.3 Å². The molecule has 0 bridgehead atoms. The molecule has 2 rings (SSSR count). The predicted octanol–water partition coefficient (Wildman–Crippen LogP) is 2.32. The van der Waals surface area contributed by atoms with E-state index in [2.05, 4.69) is 0 Å². The molecule has 1 heterocycles. The molecule has 0 N–H and O–H groups in total. The van der Waals surface area contributed by atoms with Crippen molar-refractivity contribution < 1.29 is 19.2 Å². The number of nitro groups is 1. The zero-order valence-electron chi connectivity index (χ0n) is 10.4. The molecule has 0 spiro atoms. The first kappa shape index (κ1) is 13.1. The molecular formula is C13H13NO5. The summed E-state index contributed by atoms with van der Waals surface area (Å²) in [5.41, 5.74) is 1.25.